The van der Waals surface area contributed by atoms with E-state index in [0.717, 1.165) is 79.9 Å². The SMILES string of the molecule is C=C/C=C\c1cccc2c1C(C)(C)C(=C/C=C1\CCC(=CC=C3N(CCCS(=O)(=O)O)c4ccc5ccccc5c4C3(C)C)C1=[N+]1CCN(C(=O)OCC)CC1)[N+]21CCC1S(=O)(=O)O. The monoisotopic (exact) mass is 908 g/mol. The number of nitrogens with zero attached hydrogens (tertiary/aromatic N) is 4. The summed E-state index contributed by atoms with van der Waals surface area (Å²) in [5, 5.41) is 1.22. The number of piperazine rings is 1. The molecule has 2 N–H and O–H groups in total. The number of hydrogen-bond acceptors (Lipinski definition) is 7. The lowest BCUT2D eigenvalue weighted by atomic mass is 9.80. The first-order valence-corrected chi connectivity index (χ1v) is 25.4. The number of carbonyl (C=O) groups excluding carboxylic acids is 1. The molecule has 1 aliphatic carbocycles. The summed E-state index contributed by atoms with van der Waals surface area (Å²) in [6.45, 7) is 17.7. The van der Waals surface area contributed by atoms with Crippen molar-refractivity contribution in [2.45, 2.75) is 76.5 Å². The van der Waals surface area contributed by atoms with Crippen molar-refractivity contribution in [1.82, 2.24) is 9.38 Å². The Hall–Kier alpha value is -5.12. The predicted molar refractivity (Wildman–Crippen MR) is 256 cm³/mol. The van der Waals surface area contributed by atoms with Gasteiger partial charge in [-0.3, -0.25) is 14.0 Å². The number of allylic oxidation sites excluding steroid dienone is 10. The number of fused-ring (bicyclic) bond motifs is 5. The summed E-state index contributed by atoms with van der Waals surface area (Å²) in [5.41, 5.74) is 9.17. The molecule has 14 heteroatoms. The first kappa shape index (κ1) is 45.4. The second-order valence-electron chi connectivity index (χ2n) is 18.4. The van der Waals surface area contributed by atoms with Crippen LogP contribution in [0.1, 0.15) is 77.0 Å². The van der Waals surface area contributed by atoms with E-state index in [1.54, 1.807) is 17.9 Å². The third-order valence-electron chi connectivity index (χ3n) is 14.0. The smallest absolute Gasteiger partial charge is 0.410 e. The minimum Gasteiger partial charge on any atom is -0.450 e. The Balaban J connectivity index is 1.26. The van der Waals surface area contributed by atoms with Gasteiger partial charge in [0, 0.05) is 40.1 Å². The van der Waals surface area contributed by atoms with E-state index in [0.29, 0.717) is 52.3 Å². The third-order valence-corrected chi connectivity index (χ3v) is 16.1. The van der Waals surface area contributed by atoms with E-state index in [1.807, 2.05) is 42.5 Å². The van der Waals surface area contributed by atoms with Gasteiger partial charge in [-0.1, -0.05) is 87.2 Å². The van der Waals surface area contributed by atoms with E-state index in [2.05, 4.69) is 92.3 Å². The molecular formula is C50H60N4O8S2+2. The average molecular weight is 909 g/mol. The Morgan fingerprint density at radius 2 is 1.61 bits per heavy atom. The van der Waals surface area contributed by atoms with Gasteiger partial charge in [-0.25, -0.2) is 13.9 Å². The van der Waals surface area contributed by atoms with E-state index in [1.165, 1.54) is 0 Å². The quantitative estimate of drug-likeness (QED) is 0.0884. The second kappa shape index (κ2) is 17.0. The molecule has 4 heterocycles. The van der Waals surface area contributed by atoms with Gasteiger partial charge >= 0.3 is 16.2 Å². The molecule has 2 atom stereocenters. The maximum absolute atomic E-state index is 13.1. The lowest BCUT2D eigenvalue weighted by Crippen LogP contribution is -2.68. The molecule has 3 aromatic rings. The summed E-state index contributed by atoms with van der Waals surface area (Å²) in [6.07, 6.45) is 15.9. The van der Waals surface area contributed by atoms with Crippen LogP contribution < -0.4 is 9.38 Å². The van der Waals surface area contributed by atoms with Crippen molar-refractivity contribution in [3.05, 3.63) is 137 Å². The zero-order valence-electron chi connectivity index (χ0n) is 37.5. The molecule has 3 aromatic carbocycles. The maximum Gasteiger partial charge on any atom is 0.410 e. The minimum absolute atomic E-state index is 0.0425. The summed E-state index contributed by atoms with van der Waals surface area (Å²) in [6, 6.07) is 18.5. The van der Waals surface area contributed by atoms with Crippen molar-refractivity contribution in [2.24, 2.45) is 0 Å². The molecule has 64 heavy (non-hydrogen) atoms. The molecule has 2 unspecified atom stereocenters. The van der Waals surface area contributed by atoms with Crippen LogP contribution in [0.2, 0.25) is 0 Å². The van der Waals surface area contributed by atoms with Gasteiger partial charge in [-0.05, 0) is 92.3 Å². The van der Waals surface area contributed by atoms with E-state index >= 15 is 0 Å². The fraction of sp³-hybridized carbons (Fsp3) is 0.400. The highest BCUT2D eigenvalue weighted by atomic mass is 32.2. The van der Waals surface area contributed by atoms with E-state index in [4.69, 9.17) is 4.74 Å². The molecule has 4 aliphatic heterocycles. The van der Waals surface area contributed by atoms with Crippen molar-refractivity contribution in [2.75, 3.05) is 56.5 Å². The van der Waals surface area contributed by atoms with Crippen LogP contribution in [0, 0.1) is 0 Å². The summed E-state index contributed by atoms with van der Waals surface area (Å²) in [5.74, 6) is -0.347. The number of quaternary nitrogens is 1. The first-order chi connectivity index (χ1) is 30.3. The molecule has 1 amide bonds. The van der Waals surface area contributed by atoms with Crippen molar-refractivity contribution in [1.29, 1.82) is 0 Å². The van der Waals surface area contributed by atoms with Crippen LogP contribution in [0.4, 0.5) is 16.2 Å². The predicted octanol–water partition coefficient (Wildman–Crippen LogP) is 8.67. The second-order valence-corrected chi connectivity index (χ2v) is 21.6. The highest BCUT2D eigenvalue weighted by molar-refractivity contribution is 7.86. The van der Waals surface area contributed by atoms with Crippen molar-refractivity contribution >= 4 is 60.3 Å². The Labute approximate surface area is 378 Å². The van der Waals surface area contributed by atoms with Crippen molar-refractivity contribution in [3.8, 4) is 0 Å². The molecule has 0 radical (unpaired) electrons. The molecule has 3 fully saturated rings. The first-order valence-electron chi connectivity index (χ1n) is 22.2. The summed E-state index contributed by atoms with van der Waals surface area (Å²) in [4.78, 5) is 16.7. The van der Waals surface area contributed by atoms with Gasteiger partial charge in [0.25, 0.3) is 10.1 Å². The van der Waals surface area contributed by atoms with Gasteiger partial charge in [0.15, 0.2) is 13.1 Å². The molecule has 1 saturated carbocycles. The van der Waals surface area contributed by atoms with Gasteiger partial charge < -0.3 is 9.64 Å². The highest BCUT2D eigenvalue weighted by Gasteiger charge is 2.66. The van der Waals surface area contributed by atoms with Crippen molar-refractivity contribution < 1.29 is 40.0 Å². The van der Waals surface area contributed by atoms with Crippen LogP contribution in [0.5, 0.6) is 0 Å². The van der Waals surface area contributed by atoms with Crippen LogP contribution in [0.3, 0.4) is 0 Å². The zero-order chi connectivity index (χ0) is 45.8. The number of anilines is 1. The highest BCUT2D eigenvalue weighted by Crippen LogP contribution is 2.59. The molecule has 0 aromatic heterocycles. The average Bonchev–Trinajstić information content (AvgIpc) is 3.80. The molecule has 0 bridgehead atoms. The van der Waals surface area contributed by atoms with Gasteiger partial charge in [-0.15, -0.1) is 0 Å². The lowest BCUT2D eigenvalue weighted by molar-refractivity contribution is -0.537. The summed E-state index contributed by atoms with van der Waals surface area (Å²) in [7, 11) is -8.57. The standard InChI is InChI=1S/C50H58N4O8S2/c1-7-9-14-36-16-12-18-41-45(36)50(5,6)43(54(41)33-27-44(54)64(59,60)61)26-23-38-20-19-37(47(38)51-29-31-52(32-30-51)48(55)62-8-2)22-25-42-49(3,4)46-39-17-11-10-15-35(39)21-24-40(46)53(42)28-13-34-63(56,57)58/h7,9-12,14-18,21-26,44H,1,8,13,19-20,27-34H2,2-6H3/p+2/b14-9-,38-23+,43-26?. The fourth-order valence-corrected chi connectivity index (χ4v) is 12.9. The van der Waals surface area contributed by atoms with E-state index in [-0.39, 0.29) is 22.7 Å². The zero-order valence-corrected chi connectivity index (χ0v) is 39.1. The van der Waals surface area contributed by atoms with E-state index < -0.39 is 36.4 Å². The maximum atomic E-state index is 13.1. The molecule has 1 spiro atoms. The molecule has 2 saturated heterocycles. The summed E-state index contributed by atoms with van der Waals surface area (Å²) >= 11 is 0. The Bertz CT molecular complexity index is 2840. The van der Waals surface area contributed by atoms with E-state index in [9.17, 15) is 30.7 Å². The van der Waals surface area contributed by atoms with Crippen LogP contribution in [0.15, 0.2) is 120 Å². The molecule has 338 valence electrons. The molecular weight excluding hydrogens is 849 g/mol. The Kier molecular flexibility index (Phi) is 12.1. The number of ether oxygens (including phenoxy) is 1. The molecule has 8 rings (SSSR count). The lowest BCUT2D eigenvalue weighted by Gasteiger charge is -2.49. The summed E-state index contributed by atoms with van der Waals surface area (Å²) < 4.78 is 78.1. The van der Waals surface area contributed by atoms with Gasteiger partial charge in [0.1, 0.15) is 11.4 Å². The number of amides is 1. The number of rotatable bonds is 10. The third kappa shape index (κ3) is 7.91. The minimum atomic E-state index is -4.42. The van der Waals surface area contributed by atoms with Gasteiger partial charge in [0.2, 0.25) is 11.1 Å². The molecule has 5 aliphatic rings. The Morgan fingerprint density at radius 3 is 2.25 bits per heavy atom. The topological polar surface area (TPSA) is 145 Å². The fourth-order valence-electron chi connectivity index (χ4n) is 11.2. The van der Waals surface area contributed by atoms with Crippen molar-refractivity contribution in [3.63, 3.8) is 0 Å². The van der Waals surface area contributed by atoms with Gasteiger partial charge in [0.05, 0.1) is 43.8 Å². The Morgan fingerprint density at radius 1 is 0.906 bits per heavy atom. The number of benzene rings is 3. The van der Waals surface area contributed by atoms with Crippen LogP contribution in [-0.2, 0) is 35.8 Å². The number of carbonyl (C=O) groups is 1. The van der Waals surface area contributed by atoms with Gasteiger partial charge in [-0.2, -0.15) is 16.8 Å². The largest absolute Gasteiger partial charge is 0.450 e. The normalized spacial score (nSPS) is 25.3. The van der Waals surface area contributed by atoms with Crippen LogP contribution >= 0.6 is 0 Å². The number of hydrogen-bond donors (Lipinski definition) is 2. The van der Waals surface area contributed by atoms with Crippen LogP contribution in [-0.4, -0.2) is 104 Å². The molecule has 12 nitrogen and oxygen atoms in total. The van der Waals surface area contributed by atoms with Crippen LogP contribution in [0.25, 0.3) is 16.8 Å².